The summed E-state index contributed by atoms with van der Waals surface area (Å²) in [6.07, 6.45) is 48.0. The Labute approximate surface area is 314 Å². The van der Waals surface area contributed by atoms with Crippen molar-refractivity contribution in [2.45, 2.75) is 168 Å². The van der Waals surface area contributed by atoms with Gasteiger partial charge in [0, 0.05) is 6.42 Å². The normalized spacial score (nSPS) is 16.5. The first-order chi connectivity index (χ1) is 24.7. The van der Waals surface area contributed by atoms with Gasteiger partial charge in [-0.3, -0.25) is 8.98 Å². The van der Waals surface area contributed by atoms with Crippen LogP contribution in [0.3, 0.4) is 0 Å². The Morgan fingerprint density at radius 1 is 0.725 bits per heavy atom. The third-order valence-corrected chi connectivity index (χ3v) is 9.84. The molecule has 0 saturated carbocycles. The zero-order valence-electron chi connectivity index (χ0n) is 33.3. The van der Waals surface area contributed by atoms with Crippen molar-refractivity contribution >= 4 is 22.1 Å². The predicted molar refractivity (Wildman–Crippen MR) is 215 cm³/mol. The van der Waals surface area contributed by atoms with E-state index in [9.17, 15) is 17.8 Å². The van der Waals surface area contributed by atoms with Crippen LogP contribution < -0.4 is 10.3 Å². The summed E-state index contributed by atoms with van der Waals surface area (Å²) < 4.78 is 32.0. The number of quaternary nitrogens is 1. The fraction of sp³-hybridized carbons (Fsp3) is 0.762. The number of likely N-dealkylation sites (N-methyl/N-ethyl adjacent to an activating group) is 1. The Kier molecular flexibility index (Phi) is 33.6. The SMILES string of the molecule is CCCCC/C=C/C/C=C/CCCCCCCC(=O)NCC[N+]1(C)CC[NH+]=C1CCCCCCC/C=C/C/C=C/CCCCC.COS(=O)(=O)[O-]. The van der Waals surface area contributed by atoms with E-state index in [-0.39, 0.29) is 5.91 Å². The predicted octanol–water partition coefficient (Wildman–Crippen LogP) is 8.76. The molecule has 0 fully saturated rings. The molecule has 0 spiro atoms. The summed E-state index contributed by atoms with van der Waals surface area (Å²) in [5.41, 5.74) is 0. The standard InChI is InChI=1S/C41H73N3O.CH4O4S/c1-4-6-8-10-12-14-16-18-20-22-24-26-28-30-32-34-40-42-36-38-44(40,3)39-37-43-41(45)35-33-31-29-27-25-23-21-19-17-15-13-11-9-7-5-2;1-5-6(2,3)4/h12-15,18-21H,4-11,16-17,22-39H2,1-3H3;1H3,(H,2,3,4)/p+1/b14-12+,15-13+,20-18+,21-19+;. The third-order valence-electron chi connectivity index (χ3n) is 9.44. The van der Waals surface area contributed by atoms with Gasteiger partial charge in [-0.25, -0.2) is 12.9 Å². The van der Waals surface area contributed by atoms with Gasteiger partial charge >= 0.3 is 5.84 Å². The number of carbonyl (C=O) groups is 1. The highest BCUT2D eigenvalue weighted by molar-refractivity contribution is 7.80. The summed E-state index contributed by atoms with van der Waals surface area (Å²) in [6.45, 7) is 8.49. The molecule has 1 amide bonds. The minimum Gasteiger partial charge on any atom is -0.726 e. The largest absolute Gasteiger partial charge is 0.726 e. The Morgan fingerprint density at radius 2 is 1.16 bits per heavy atom. The van der Waals surface area contributed by atoms with Crippen LogP contribution in [0, 0.1) is 0 Å². The van der Waals surface area contributed by atoms with Crippen molar-refractivity contribution in [2.75, 3.05) is 40.3 Å². The van der Waals surface area contributed by atoms with E-state index in [0.717, 1.165) is 57.0 Å². The first kappa shape index (κ1) is 48.9. The van der Waals surface area contributed by atoms with Crippen LogP contribution in [0.5, 0.6) is 0 Å². The number of amidine groups is 1. The number of hydrogen-bond donors (Lipinski definition) is 2. The van der Waals surface area contributed by atoms with Crippen molar-refractivity contribution in [3.8, 4) is 0 Å². The highest BCUT2D eigenvalue weighted by Gasteiger charge is 2.38. The number of hydrogen-bond acceptors (Lipinski definition) is 5. The van der Waals surface area contributed by atoms with Gasteiger partial charge < -0.3 is 9.87 Å². The van der Waals surface area contributed by atoms with E-state index < -0.39 is 10.4 Å². The Hall–Kier alpha value is -2.07. The van der Waals surface area contributed by atoms with Crippen molar-refractivity contribution in [3.05, 3.63) is 48.6 Å². The molecule has 0 aromatic rings. The van der Waals surface area contributed by atoms with E-state index in [2.05, 4.69) is 84.0 Å². The van der Waals surface area contributed by atoms with Gasteiger partial charge in [0.15, 0.2) is 6.54 Å². The number of allylic oxidation sites excluding steroid dienone is 8. The molecule has 1 aliphatic rings. The van der Waals surface area contributed by atoms with E-state index in [1.165, 1.54) is 134 Å². The second-order valence-electron chi connectivity index (χ2n) is 14.1. The number of amides is 1. The number of unbranched alkanes of at least 4 members (excludes halogenated alkanes) is 16. The zero-order valence-corrected chi connectivity index (χ0v) is 34.1. The monoisotopic (exact) mass is 737 g/mol. The number of rotatable bonds is 32. The molecule has 0 aliphatic carbocycles. The van der Waals surface area contributed by atoms with Crippen molar-refractivity contribution < 1.29 is 31.4 Å². The molecule has 1 atom stereocenters. The fourth-order valence-electron chi connectivity index (χ4n) is 6.11. The molecule has 0 aromatic carbocycles. The lowest BCUT2D eigenvalue weighted by molar-refractivity contribution is -0.816. The van der Waals surface area contributed by atoms with Gasteiger partial charge in [0.1, 0.15) is 13.1 Å². The van der Waals surface area contributed by atoms with E-state index in [0.29, 0.717) is 6.42 Å². The molecule has 1 heterocycles. The maximum Gasteiger partial charge on any atom is 0.336 e. The first-order valence-electron chi connectivity index (χ1n) is 20.5. The second kappa shape index (κ2) is 35.0. The van der Waals surface area contributed by atoms with Crippen LogP contribution in [-0.4, -0.2) is 69.5 Å². The summed E-state index contributed by atoms with van der Waals surface area (Å²) in [5.74, 6) is 1.71. The molecule has 8 nitrogen and oxygen atoms in total. The average Bonchev–Trinajstić information content (AvgIpc) is 3.47. The number of nitrogens with one attached hydrogen (secondary N) is 2. The molecule has 296 valence electrons. The minimum atomic E-state index is -4.41. The van der Waals surface area contributed by atoms with Crippen LogP contribution in [-0.2, 0) is 19.4 Å². The third kappa shape index (κ3) is 33.5. The fourth-order valence-corrected chi connectivity index (χ4v) is 6.11. The summed E-state index contributed by atoms with van der Waals surface area (Å²) in [4.78, 5) is 16.1. The zero-order chi connectivity index (χ0) is 37.7. The van der Waals surface area contributed by atoms with Crippen LogP contribution >= 0.6 is 0 Å². The molecule has 0 saturated heterocycles. The topological polar surface area (TPSA) is 110 Å². The highest BCUT2D eigenvalue weighted by atomic mass is 32.3. The minimum absolute atomic E-state index is 0.231. The molecule has 51 heavy (non-hydrogen) atoms. The molecule has 1 unspecified atom stereocenters. The van der Waals surface area contributed by atoms with Crippen LogP contribution in [0.2, 0.25) is 0 Å². The first-order valence-corrected chi connectivity index (χ1v) is 21.8. The average molecular weight is 737 g/mol. The van der Waals surface area contributed by atoms with Gasteiger partial charge in [-0.15, -0.1) is 0 Å². The lowest BCUT2D eigenvalue weighted by Gasteiger charge is -2.26. The number of nitrogens with zero attached hydrogens (tertiary/aromatic N) is 1. The van der Waals surface area contributed by atoms with Crippen molar-refractivity contribution in [1.82, 2.24) is 5.32 Å². The Balaban J connectivity index is 0.00000381. The van der Waals surface area contributed by atoms with Gasteiger partial charge in [-0.1, -0.05) is 127 Å². The van der Waals surface area contributed by atoms with Crippen molar-refractivity contribution in [3.63, 3.8) is 0 Å². The molecule has 0 bridgehead atoms. The molecule has 2 N–H and O–H groups in total. The Morgan fingerprint density at radius 3 is 1.63 bits per heavy atom. The summed E-state index contributed by atoms with van der Waals surface area (Å²) in [5, 5.41) is 3.21. The summed E-state index contributed by atoms with van der Waals surface area (Å²) in [7, 11) is -1.26. The van der Waals surface area contributed by atoms with Gasteiger partial charge in [-0.05, 0) is 77.0 Å². The van der Waals surface area contributed by atoms with Gasteiger partial charge in [0.25, 0.3) is 0 Å². The van der Waals surface area contributed by atoms with Gasteiger partial charge in [0.05, 0.1) is 27.1 Å². The van der Waals surface area contributed by atoms with Crippen LogP contribution in [0.15, 0.2) is 48.6 Å². The lowest BCUT2D eigenvalue weighted by Crippen LogP contribution is -2.72. The number of carbonyl (C=O) groups excluding carboxylic acids is 1. The molecule has 9 heteroatoms. The molecular weight excluding hydrogens is 659 g/mol. The smallest absolute Gasteiger partial charge is 0.336 e. The van der Waals surface area contributed by atoms with E-state index >= 15 is 0 Å². The summed E-state index contributed by atoms with van der Waals surface area (Å²) in [6, 6.07) is 0. The van der Waals surface area contributed by atoms with Crippen molar-refractivity contribution in [1.29, 1.82) is 0 Å². The second-order valence-corrected chi connectivity index (χ2v) is 15.3. The van der Waals surface area contributed by atoms with Crippen LogP contribution in [0.4, 0.5) is 0 Å². The molecule has 0 radical (unpaired) electrons. The Bertz CT molecular complexity index is 1080. The van der Waals surface area contributed by atoms with E-state index in [4.69, 9.17) is 0 Å². The summed E-state index contributed by atoms with van der Waals surface area (Å²) >= 11 is 0. The highest BCUT2D eigenvalue weighted by Crippen LogP contribution is 2.13. The van der Waals surface area contributed by atoms with Crippen molar-refractivity contribution in [2.24, 2.45) is 0 Å². The van der Waals surface area contributed by atoms with Gasteiger partial charge in [-0.2, -0.15) is 4.99 Å². The molecule has 0 aromatic heterocycles. The van der Waals surface area contributed by atoms with Crippen LogP contribution in [0.25, 0.3) is 0 Å². The van der Waals surface area contributed by atoms with E-state index in [1.807, 2.05) is 0 Å². The van der Waals surface area contributed by atoms with Crippen LogP contribution in [0.1, 0.15) is 168 Å². The van der Waals surface area contributed by atoms with Gasteiger partial charge in [0.2, 0.25) is 16.3 Å². The maximum atomic E-state index is 12.4. The lowest BCUT2D eigenvalue weighted by atomic mass is 10.1. The quantitative estimate of drug-likeness (QED) is 0.0236. The molecule has 1 rings (SSSR count). The maximum absolute atomic E-state index is 12.4. The molecule has 1 aliphatic heterocycles. The van der Waals surface area contributed by atoms with E-state index in [1.54, 1.807) is 0 Å². The molecular formula is C42H78N3O5S+.